The van der Waals surface area contributed by atoms with Gasteiger partial charge in [-0.3, -0.25) is 4.79 Å². The molecule has 0 saturated carbocycles. The quantitative estimate of drug-likeness (QED) is 0.801. The summed E-state index contributed by atoms with van der Waals surface area (Å²) in [7, 11) is 1.53. The number of methoxy groups -OCH3 is 1. The third-order valence-corrected chi connectivity index (χ3v) is 5.05. The van der Waals surface area contributed by atoms with Crippen LogP contribution in [0.15, 0.2) is 23.2 Å². The lowest BCUT2D eigenvalue weighted by atomic mass is 10.2. The van der Waals surface area contributed by atoms with Gasteiger partial charge in [-0.2, -0.15) is 4.99 Å². The molecule has 0 aliphatic carbocycles. The number of aromatic nitrogens is 1. The molecule has 1 aromatic carbocycles. The number of aryl methyl sites for hydroxylation is 1. The van der Waals surface area contributed by atoms with Crippen LogP contribution in [0, 0.1) is 13.8 Å². The fourth-order valence-electron chi connectivity index (χ4n) is 2.26. The smallest absolute Gasteiger partial charge is 0.283 e. The number of unbranched alkanes of at least 4 members (excludes halogenated alkanes) is 1. The molecular weight excluding hydrogens is 332 g/mol. The number of carbonyl (C=O) groups excluding carboxylic acids is 1. The number of nitrogens with zero attached hydrogens (tertiary/aromatic N) is 2. The average Bonchev–Trinajstić information content (AvgIpc) is 2.79. The van der Waals surface area contributed by atoms with Crippen LogP contribution >= 0.6 is 22.9 Å². The Morgan fingerprint density at radius 3 is 2.78 bits per heavy atom. The molecule has 1 heterocycles. The highest BCUT2D eigenvalue weighted by atomic mass is 35.5. The predicted molar refractivity (Wildman–Crippen MR) is 94.6 cm³/mol. The standard InChI is InChI=1S/C17H21ClN2O2S/c1-5-6-9-20-11(2)12(3)23-17(20)19-16(21)14-10-13(18)7-8-15(14)22-4/h7-8,10H,5-6,9H2,1-4H3/b19-17-. The van der Waals surface area contributed by atoms with Crippen molar-refractivity contribution in [3.63, 3.8) is 0 Å². The van der Waals surface area contributed by atoms with E-state index in [1.54, 1.807) is 18.2 Å². The zero-order valence-electron chi connectivity index (χ0n) is 13.9. The van der Waals surface area contributed by atoms with Crippen molar-refractivity contribution in [2.24, 2.45) is 4.99 Å². The number of carbonyl (C=O) groups is 1. The van der Waals surface area contributed by atoms with Gasteiger partial charge in [0.25, 0.3) is 5.91 Å². The highest BCUT2D eigenvalue weighted by Gasteiger charge is 2.14. The van der Waals surface area contributed by atoms with Gasteiger partial charge in [0.2, 0.25) is 0 Å². The maximum absolute atomic E-state index is 12.6. The zero-order chi connectivity index (χ0) is 17.0. The molecule has 0 aliphatic rings. The summed E-state index contributed by atoms with van der Waals surface area (Å²) >= 11 is 7.53. The molecule has 0 atom stereocenters. The molecule has 4 nitrogen and oxygen atoms in total. The summed E-state index contributed by atoms with van der Waals surface area (Å²) in [5.41, 5.74) is 1.54. The number of halogens is 1. The first-order chi connectivity index (χ1) is 11.0. The van der Waals surface area contributed by atoms with Crippen molar-refractivity contribution >= 4 is 28.8 Å². The Kier molecular flexibility index (Phi) is 6.02. The molecule has 124 valence electrons. The van der Waals surface area contributed by atoms with E-state index in [0.29, 0.717) is 16.3 Å². The fraction of sp³-hybridized carbons (Fsp3) is 0.412. The van der Waals surface area contributed by atoms with Gasteiger partial charge in [-0.15, -0.1) is 11.3 Å². The normalized spacial score (nSPS) is 11.8. The SMILES string of the molecule is CCCCn1c(C)c(C)s/c1=N\C(=O)c1cc(Cl)ccc1OC. The first-order valence-corrected chi connectivity index (χ1v) is 8.76. The van der Waals surface area contributed by atoms with E-state index in [1.165, 1.54) is 23.3 Å². The number of hydrogen-bond donors (Lipinski definition) is 0. The van der Waals surface area contributed by atoms with Crippen molar-refractivity contribution in [3.05, 3.63) is 44.2 Å². The van der Waals surface area contributed by atoms with Gasteiger partial charge >= 0.3 is 0 Å². The van der Waals surface area contributed by atoms with Crippen LogP contribution in [0.3, 0.4) is 0 Å². The molecule has 0 radical (unpaired) electrons. The molecule has 23 heavy (non-hydrogen) atoms. The van der Waals surface area contributed by atoms with E-state index in [4.69, 9.17) is 16.3 Å². The number of thiazole rings is 1. The second-order valence-corrected chi connectivity index (χ2v) is 6.91. The maximum atomic E-state index is 12.6. The van der Waals surface area contributed by atoms with Crippen molar-refractivity contribution in [2.45, 2.75) is 40.2 Å². The van der Waals surface area contributed by atoms with Crippen molar-refractivity contribution < 1.29 is 9.53 Å². The first-order valence-electron chi connectivity index (χ1n) is 7.57. The van der Waals surface area contributed by atoms with E-state index in [0.717, 1.165) is 29.9 Å². The summed E-state index contributed by atoms with van der Waals surface area (Å²) in [6, 6.07) is 4.97. The minimum atomic E-state index is -0.337. The van der Waals surface area contributed by atoms with Gasteiger partial charge in [0.1, 0.15) is 5.75 Å². The highest BCUT2D eigenvalue weighted by Crippen LogP contribution is 2.23. The molecule has 0 saturated heterocycles. The van der Waals surface area contributed by atoms with Crippen molar-refractivity contribution in [1.82, 2.24) is 4.57 Å². The van der Waals surface area contributed by atoms with E-state index in [9.17, 15) is 4.79 Å². The number of hydrogen-bond acceptors (Lipinski definition) is 3. The van der Waals surface area contributed by atoms with Crippen LogP contribution in [0.4, 0.5) is 0 Å². The number of amides is 1. The highest BCUT2D eigenvalue weighted by molar-refractivity contribution is 7.09. The summed E-state index contributed by atoms with van der Waals surface area (Å²) < 4.78 is 7.35. The van der Waals surface area contributed by atoms with Gasteiger partial charge in [0.15, 0.2) is 4.80 Å². The minimum absolute atomic E-state index is 0.337. The molecule has 0 unspecified atom stereocenters. The number of benzene rings is 1. The van der Waals surface area contributed by atoms with E-state index in [2.05, 4.69) is 23.4 Å². The Hall–Kier alpha value is -1.59. The van der Waals surface area contributed by atoms with Gasteiger partial charge in [0, 0.05) is 22.1 Å². The average molecular weight is 353 g/mol. The lowest BCUT2D eigenvalue weighted by molar-refractivity contribution is 0.0995. The van der Waals surface area contributed by atoms with Gasteiger partial charge in [-0.05, 0) is 38.5 Å². The molecule has 1 amide bonds. The summed E-state index contributed by atoms with van der Waals surface area (Å²) in [6.45, 7) is 7.12. The van der Waals surface area contributed by atoms with E-state index >= 15 is 0 Å². The molecule has 2 rings (SSSR count). The van der Waals surface area contributed by atoms with Crippen LogP contribution in [0.2, 0.25) is 5.02 Å². The molecule has 0 aliphatic heterocycles. The Morgan fingerprint density at radius 2 is 2.13 bits per heavy atom. The molecule has 0 fully saturated rings. The van der Waals surface area contributed by atoms with Gasteiger partial charge in [-0.1, -0.05) is 24.9 Å². The Balaban J connectivity index is 2.48. The fourth-order valence-corrected chi connectivity index (χ4v) is 3.43. The summed E-state index contributed by atoms with van der Waals surface area (Å²) in [5.74, 6) is 0.143. The van der Waals surface area contributed by atoms with Gasteiger partial charge in [-0.25, -0.2) is 0 Å². The first kappa shape index (κ1) is 17.8. The summed E-state index contributed by atoms with van der Waals surface area (Å²) in [4.78, 5) is 18.8. The van der Waals surface area contributed by atoms with E-state index in [-0.39, 0.29) is 5.91 Å². The van der Waals surface area contributed by atoms with Crippen molar-refractivity contribution in [2.75, 3.05) is 7.11 Å². The predicted octanol–water partition coefficient (Wildman–Crippen LogP) is 4.37. The van der Waals surface area contributed by atoms with Gasteiger partial charge < -0.3 is 9.30 Å². The van der Waals surface area contributed by atoms with Crippen LogP contribution in [0.25, 0.3) is 0 Å². The number of ether oxygens (including phenoxy) is 1. The number of rotatable bonds is 5. The van der Waals surface area contributed by atoms with Crippen molar-refractivity contribution in [1.29, 1.82) is 0 Å². The molecule has 6 heteroatoms. The lowest BCUT2D eigenvalue weighted by Gasteiger charge is -2.06. The molecule has 0 bridgehead atoms. The minimum Gasteiger partial charge on any atom is -0.496 e. The Bertz CT molecular complexity index is 777. The molecule has 1 aromatic heterocycles. The van der Waals surface area contributed by atoms with Crippen LogP contribution < -0.4 is 9.54 Å². The summed E-state index contributed by atoms with van der Waals surface area (Å²) in [6.07, 6.45) is 2.15. The van der Waals surface area contributed by atoms with E-state index in [1.807, 2.05) is 6.92 Å². The lowest BCUT2D eigenvalue weighted by Crippen LogP contribution is -2.18. The monoisotopic (exact) mass is 352 g/mol. The topological polar surface area (TPSA) is 43.6 Å². The zero-order valence-corrected chi connectivity index (χ0v) is 15.4. The third-order valence-electron chi connectivity index (χ3n) is 3.71. The largest absolute Gasteiger partial charge is 0.496 e. The van der Waals surface area contributed by atoms with Crippen LogP contribution in [0.1, 0.15) is 40.7 Å². The van der Waals surface area contributed by atoms with Crippen LogP contribution in [-0.4, -0.2) is 17.6 Å². The second kappa shape index (κ2) is 7.79. The van der Waals surface area contributed by atoms with Crippen LogP contribution in [0.5, 0.6) is 5.75 Å². The molecule has 0 spiro atoms. The summed E-state index contributed by atoms with van der Waals surface area (Å²) in [5, 5.41) is 0.488. The van der Waals surface area contributed by atoms with E-state index < -0.39 is 0 Å². The molecule has 2 aromatic rings. The van der Waals surface area contributed by atoms with Crippen LogP contribution in [-0.2, 0) is 6.54 Å². The Labute approximate surface area is 145 Å². The third kappa shape index (κ3) is 4.03. The maximum Gasteiger partial charge on any atom is 0.283 e. The van der Waals surface area contributed by atoms with Gasteiger partial charge in [0.05, 0.1) is 12.7 Å². The molecular formula is C17H21ClN2O2S. The second-order valence-electron chi connectivity index (χ2n) is 5.29. The molecule has 0 N–H and O–H groups in total. The Morgan fingerprint density at radius 1 is 1.39 bits per heavy atom. The van der Waals surface area contributed by atoms with Crippen molar-refractivity contribution in [3.8, 4) is 5.75 Å².